The van der Waals surface area contributed by atoms with Gasteiger partial charge in [0.15, 0.2) is 0 Å². The summed E-state index contributed by atoms with van der Waals surface area (Å²) in [6, 6.07) is 0. The summed E-state index contributed by atoms with van der Waals surface area (Å²) in [5.41, 5.74) is 0. The van der Waals surface area contributed by atoms with Crippen molar-refractivity contribution in [2.75, 3.05) is 6.61 Å². The number of ketones is 1. The van der Waals surface area contributed by atoms with Crippen LogP contribution in [0.1, 0.15) is 39.5 Å². The quantitative estimate of drug-likeness (QED) is 0.632. The minimum Gasteiger partial charge on any atom is -0.378 e. The van der Waals surface area contributed by atoms with Gasteiger partial charge in [0.1, 0.15) is 5.78 Å². The summed E-state index contributed by atoms with van der Waals surface area (Å²) in [5, 5.41) is 0. The van der Waals surface area contributed by atoms with Gasteiger partial charge in [-0.25, -0.2) is 0 Å². The Labute approximate surface area is 74.3 Å². The Kier molecular flexibility index (Phi) is 3.73. The molecule has 0 saturated heterocycles. The average molecular weight is 170 g/mol. The van der Waals surface area contributed by atoms with Crippen LogP contribution in [0.4, 0.5) is 0 Å². The largest absolute Gasteiger partial charge is 0.378 e. The van der Waals surface area contributed by atoms with E-state index in [1.54, 1.807) is 0 Å². The molecule has 0 spiro atoms. The Morgan fingerprint density at radius 2 is 2.08 bits per heavy atom. The summed E-state index contributed by atoms with van der Waals surface area (Å²) in [4.78, 5) is 11.3. The van der Waals surface area contributed by atoms with Crippen molar-refractivity contribution in [2.45, 2.75) is 45.6 Å². The van der Waals surface area contributed by atoms with Crippen molar-refractivity contribution >= 4 is 5.78 Å². The zero-order valence-corrected chi connectivity index (χ0v) is 8.01. The highest BCUT2D eigenvalue weighted by Gasteiger charge is 2.33. The maximum atomic E-state index is 11.3. The summed E-state index contributed by atoms with van der Waals surface area (Å²) in [6.07, 6.45) is 4.04. The molecule has 1 aliphatic rings. The topological polar surface area (TPSA) is 26.3 Å². The van der Waals surface area contributed by atoms with E-state index in [2.05, 4.69) is 6.92 Å². The molecule has 0 atom stereocenters. The fourth-order valence-electron chi connectivity index (χ4n) is 1.65. The summed E-state index contributed by atoms with van der Waals surface area (Å²) in [7, 11) is 0. The Bertz CT molecular complexity index is 148. The molecule has 0 amide bonds. The van der Waals surface area contributed by atoms with Crippen LogP contribution in [0, 0.1) is 5.92 Å². The zero-order chi connectivity index (χ0) is 8.97. The maximum Gasteiger partial charge on any atom is 0.136 e. The van der Waals surface area contributed by atoms with Gasteiger partial charge in [-0.3, -0.25) is 4.79 Å². The van der Waals surface area contributed by atoms with E-state index < -0.39 is 0 Å². The highest BCUT2D eigenvalue weighted by atomic mass is 16.5. The fraction of sp³-hybridized carbons (Fsp3) is 0.900. The number of carbonyl (C=O) groups excluding carboxylic acids is 1. The second kappa shape index (κ2) is 4.61. The molecular formula is C10H18O2. The number of carbonyl (C=O) groups is 1. The molecule has 2 nitrogen and oxygen atoms in total. The van der Waals surface area contributed by atoms with E-state index in [4.69, 9.17) is 4.74 Å². The van der Waals surface area contributed by atoms with Crippen molar-refractivity contribution in [2.24, 2.45) is 5.92 Å². The second-order valence-electron chi connectivity index (χ2n) is 3.46. The average Bonchev–Trinajstić information content (AvgIpc) is 1.96. The zero-order valence-electron chi connectivity index (χ0n) is 8.01. The van der Waals surface area contributed by atoms with Crippen LogP contribution < -0.4 is 0 Å². The number of hydrogen-bond acceptors (Lipinski definition) is 2. The van der Waals surface area contributed by atoms with Crippen molar-refractivity contribution in [3.05, 3.63) is 0 Å². The molecule has 0 N–H and O–H groups in total. The fourth-order valence-corrected chi connectivity index (χ4v) is 1.65. The number of ether oxygens (including phenoxy) is 1. The van der Waals surface area contributed by atoms with Gasteiger partial charge in [-0.1, -0.05) is 6.92 Å². The van der Waals surface area contributed by atoms with Gasteiger partial charge >= 0.3 is 0 Å². The smallest absolute Gasteiger partial charge is 0.136 e. The predicted octanol–water partition coefficient (Wildman–Crippen LogP) is 2.17. The van der Waals surface area contributed by atoms with Gasteiger partial charge in [-0.2, -0.15) is 0 Å². The third-order valence-corrected chi connectivity index (χ3v) is 2.45. The molecule has 0 bridgehead atoms. The van der Waals surface area contributed by atoms with Crippen molar-refractivity contribution in [3.63, 3.8) is 0 Å². The second-order valence-corrected chi connectivity index (χ2v) is 3.46. The normalized spacial score (nSPS) is 28.2. The van der Waals surface area contributed by atoms with Crippen LogP contribution in [-0.2, 0) is 9.53 Å². The van der Waals surface area contributed by atoms with E-state index in [-0.39, 0.29) is 0 Å². The lowest BCUT2D eigenvalue weighted by molar-refractivity contribution is -0.131. The van der Waals surface area contributed by atoms with Crippen molar-refractivity contribution in [1.82, 2.24) is 0 Å². The maximum absolute atomic E-state index is 11.3. The number of Topliss-reactive ketones (excluding diaryl/α,β-unsaturated/α-hetero) is 1. The van der Waals surface area contributed by atoms with Crippen LogP contribution in [-0.4, -0.2) is 18.5 Å². The lowest BCUT2D eigenvalue weighted by Gasteiger charge is -2.33. The molecule has 70 valence electrons. The summed E-state index contributed by atoms with van der Waals surface area (Å²) in [5.74, 6) is 0.759. The monoisotopic (exact) mass is 170 g/mol. The van der Waals surface area contributed by atoms with Crippen molar-refractivity contribution < 1.29 is 9.53 Å². The third-order valence-electron chi connectivity index (χ3n) is 2.45. The van der Waals surface area contributed by atoms with E-state index in [0.717, 1.165) is 32.3 Å². The molecular weight excluding hydrogens is 152 g/mol. The molecule has 2 heteroatoms. The first-order chi connectivity index (χ1) is 5.77. The van der Waals surface area contributed by atoms with Crippen LogP contribution in [0.2, 0.25) is 0 Å². The molecule has 0 aromatic heterocycles. The summed E-state index contributed by atoms with van der Waals surface area (Å²) in [6.45, 7) is 4.83. The Morgan fingerprint density at radius 3 is 2.58 bits per heavy atom. The molecule has 0 aromatic rings. The van der Waals surface area contributed by atoms with Gasteiger partial charge in [0.05, 0.1) is 6.10 Å². The first-order valence-electron chi connectivity index (χ1n) is 4.92. The third kappa shape index (κ3) is 2.31. The van der Waals surface area contributed by atoms with Gasteiger partial charge in [-0.05, 0) is 26.2 Å². The Morgan fingerprint density at radius 1 is 1.42 bits per heavy atom. The first-order valence-corrected chi connectivity index (χ1v) is 4.92. The summed E-state index contributed by atoms with van der Waals surface area (Å²) < 4.78 is 5.38. The molecule has 0 aliphatic heterocycles. The highest BCUT2D eigenvalue weighted by molar-refractivity contribution is 5.81. The first kappa shape index (κ1) is 9.72. The molecule has 0 heterocycles. The van der Waals surface area contributed by atoms with E-state index in [0.29, 0.717) is 17.8 Å². The van der Waals surface area contributed by atoms with Crippen LogP contribution in [0.3, 0.4) is 0 Å². The van der Waals surface area contributed by atoms with Gasteiger partial charge in [0.2, 0.25) is 0 Å². The van der Waals surface area contributed by atoms with Crippen molar-refractivity contribution in [3.8, 4) is 0 Å². The number of rotatable bonds is 5. The minimum atomic E-state index is 0.321. The van der Waals surface area contributed by atoms with E-state index in [1.165, 1.54) is 0 Å². The molecule has 1 aliphatic carbocycles. The van der Waals surface area contributed by atoms with Crippen LogP contribution >= 0.6 is 0 Å². The van der Waals surface area contributed by atoms with Crippen LogP contribution in [0.15, 0.2) is 0 Å². The molecule has 1 fully saturated rings. The standard InChI is InChI=1S/C10H18O2/c1-3-5-10(11)8-6-9(7-8)12-4-2/h8-9H,3-7H2,1-2H3. The Hall–Kier alpha value is -0.370. The molecule has 1 rings (SSSR count). The SMILES string of the molecule is CCCC(=O)C1CC(OCC)C1. The molecule has 0 unspecified atom stereocenters. The van der Waals surface area contributed by atoms with E-state index in [9.17, 15) is 4.79 Å². The van der Waals surface area contributed by atoms with Gasteiger partial charge in [0, 0.05) is 18.9 Å². The van der Waals surface area contributed by atoms with E-state index >= 15 is 0 Å². The summed E-state index contributed by atoms with van der Waals surface area (Å²) >= 11 is 0. The van der Waals surface area contributed by atoms with E-state index in [1.807, 2.05) is 6.92 Å². The Balaban J connectivity index is 2.12. The molecule has 12 heavy (non-hydrogen) atoms. The van der Waals surface area contributed by atoms with Gasteiger partial charge < -0.3 is 4.74 Å². The molecule has 1 saturated carbocycles. The van der Waals surface area contributed by atoms with Gasteiger partial charge in [-0.15, -0.1) is 0 Å². The lowest BCUT2D eigenvalue weighted by Crippen LogP contribution is -2.36. The predicted molar refractivity (Wildman–Crippen MR) is 48.1 cm³/mol. The van der Waals surface area contributed by atoms with Crippen LogP contribution in [0.25, 0.3) is 0 Å². The van der Waals surface area contributed by atoms with Crippen molar-refractivity contribution in [1.29, 1.82) is 0 Å². The lowest BCUT2D eigenvalue weighted by atomic mass is 9.78. The molecule has 0 radical (unpaired) electrons. The minimum absolute atomic E-state index is 0.321. The molecule has 0 aromatic carbocycles. The highest BCUT2D eigenvalue weighted by Crippen LogP contribution is 2.31. The van der Waals surface area contributed by atoms with Crippen LogP contribution in [0.5, 0.6) is 0 Å². The number of hydrogen-bond donors (Lipinski definition) is 0. The van der Waals surface area contributed by atoms with Gasteiger partial charge in [0.25, 0.3) is 0 Å².